The van der Waals surface area contributed by atoms with Gasteiger partial charge in [0.2, 0.25) is 0 Å². The van der Waals surface area contributed by atoms with Crippen molar-refractivity contribution in [3.63, 3.8) is 0 Å². The molecular formula is C22H20FN3O2. The Balaban J connectivity index is 1.66. The number of fused-ring (bicyclic) bond motifs is 1. The van der Waals surface area contributed by atoms with Crippen LogP contribution in [0.15, 0.2) is 60.8 Å². The molecule has 0 saturated carbocycles. The number of halogens is 1. The predicted octanol–water partition coefficient (Wildman–Crippen LogP) is 4.30. The first-order valence-corrected chi connectivity index (χ1v) is 8.98. The van der Waals surface area contributed by atoms with Crippen LogP contribution in [0.1, 0.15) is 33.3 Å². The van der Waals surface area contributed by atoms with Gasteiger partial charge in [0.1, 0.15) is 17.7 Å². The monoisotopic (exact) mass is 377 g/mol. The number of nitrogens with one attached hydrogen (secondary N) is 1. The molecule has 6 heteroatoms. The normalized spacial score (nSPS) is 15.5. The van der Waals surface area contributed by atoms with Crippen LogP contribution in [0.2, 0.25) is 0 Å². The topological polar surface area (TPSA) is 54.5 Å². The predicted molar refractivity (Wildman–Crippen MR) is 105 cm³/mol. The lowest BCUT2D eigenvalue weighted by molar-refractivity contribution is 0.0728. The number of hydrogen-bond acceptors (Lipinski definition) is 4. The Bertz CT molecular complexity index is 1020. The van der Waals surface area contributed by atoms with E-state index in [0.717, 1.165) is 11.3 Å². The molecule has 5 nitrogen and oxygen atoms in total. The Kier molecular flexibility index (Phi) is 4.69. The van der Waals surface area contributed by atoms with Crippen LogP contribution in [0.25, 0.3) is 0 Å². The van der Waals surface area contributed by atoms with Crippen LogP contribution in [0, 0.1) is 12.7 Å². The van der Waals surface area contributed by atoms with Gasteiger partial charge in [-0.25, -0.2) is 4.39 Å². The first-order chi connectivity index (χ1) is 13.6. The lowest BCUT2D eigenvalue weighted by Gasteiger charge is -2.26. The van der Waals surface area contributed by atoms with Crippen LogP contribution in [-0.4, -0.2) is 22.9 Å². The summed E-state index contributed by atoms with van der Waals surface area (Å²) in [4.78, 5) is 19.1. The highest BCUT2D eigenvalue weighted by atomic mass is 19.1. The number of methoxy groups -OCH3 is 1. The van der Waals surface area contributed by atoms with Crippen molar-refractivity contribution in [2.75, 3.05) is 12.4 Å². The molecule has 0 radical (unpaired) electrons. The SMILES string of the molecule is COc1ccc(CN2C(=O)c3cccnc3C2Nc2ccc(C)c(F)c2)cc1. The van der Waals surface area contributed by atoms with Gasteiger partial charge in [0.25, 0.3) is 5.91 Å². The van der Waals surface area contributed by atoms with Crippen molar-refractivity contribution in [3.8, 4) is 5.75 Å². The van der Waals surface area contributed by atoms with Crippen LogP contribution in [0.4, 0.5) is 10.1 Å². The van der Waals surface area contributed by atoms with Crippen molar-refractivity contribution >= 4 is 11.6 Å². The summed E-state index contributed by atoms with van der Waals surface area (Å²) in [5.41, 5.74) is 3.33. The summed E-state index contributed by atoms with van der Waals surface area (Å²) < 4.78 is 19.2. The zero-order valence-electron chi connectivity index (χ0n) is 15.6. The Morgan fingerprint density at radius 3 is 2.68 bits per heavy atom. The maximum absolute atomic E-state index is 14.0. The van der Waals surface area contributed by atoms with E-state index in [1.165, 1.54) is 6.07 Å². The highest BCUT2D eigenvalue weighted by Crippen LogP contribution is 2.34. The van der Waals surface area contributed by atoms with E-state index in [2.05, 4.69) is 10.3 Å². The fourth-order valence-electron chi connectivity index (χ4n) is 3.31. The summed E-state index contributed by atoms with van der Waals surface area (Å²) in [7, 11) is 1.61. The van der Waals surface area contributed by atoms with Crippen molar-refractivity contribution < 1.29 is 13.9 Å². The molecule has 0 fully saturated rings. The fourth-order valence-corrected chi connectivity index (χ4v) is 3.31. The molecule has 28 heavy (non-hydrogen) atoms. The van der Waals surface area contributed by atoms with Crippen LogP contribution >= 0.6 is 0 Å². The molecule has 1 atom stereocenters. The Labute approximate surface area is 162 Å². The van der Waals surface area contributed by atoms with E-state index in [1.807, 2.05) is 24.3 Å². The van der Waals surface area contributed by atoms with Gasteiger partial charge < -0.3 is 15.0 Å². The molecule has 0 spiro atoms. The summed E-state index contributed by atoms with van der Waals surface area (Å²) in [5, 5.41) is 3.27. The Hall–Kier alpha value is -3.41. The minimum Gasteiger partial charge on any atom is -0.497 e. The molecule has 1 amide bonds. The zero-order valence-corrected chi connectivity index (χ0v) is 15.6. The Morgan fingerprint density at radius 2 is 1.96 bits per heavy atom. The second kappa shape index (κ2) is 7.31. The number of carbonyl (C=O) groups is 1. The van der Waals surface area contributed by atoms with Crippen LogP contribution in [-0.2, 0) is 6.54 Å². The number of anilines is 1. The minimum absolute atomic E-state index is 0.107. The summed E-state index contributed by atoms with van der Waals surface area (Å²) >= 11 is 0. The number of aryl methyl sites for hydroxylation is 1. The quantitative estimate of drug-likeness (QED) is 0.720. The standard InChI is InChI=1S/C22H20FN3O2/c1-14-5-8-16(12-19(14)23)25-21-20-18(4-3-11-24-20)22(27)26(21)13-15-6-9-17(28-2)10-7-15/h3-12,21,25H,13H2,1-2H3. The molecule has 1 unspecified atom stereocenters. The van der Waals surface area contributed by atoms with Gasteiger partial charge in [0.05, 0.1) is 18.4 Å². The summed E-state index contributed by atoms with van der Waals surface area (Å²) in [6.07, 6.45) is 1.18. The van der Waals surface area contributed by atoms with Gasteiger partial charge in [0.15, 0.2) is 0 Å². The second-order valence-electron chi connectivity index (χ2n) is 6.73. The number of aromatic nitrogens is 1. The van der Waals surface area contributed by atoms with Gasteiger partial charge in [-0.1, -0.05) is 18.2 Å². The molecular weight excluding hydrogens is 357 g/mol. The third-order valence-corrected chi connectivity index (χ3v) is 4.89. The van der Waals surface area contributed by atoms with Crippen molar-refractivity contribution in [2.45, 2.75) is 19.6 Å². The number of carbonyl (C=O) groups excluding carboxylic acids is 1. The number of ether oxygens (including phenoxy) is 1. The van der Waals surface area contributed by atoms with E-state index in [0.29, 0.717) is 29.1 Å². The summed E-state index contributed by atoms with van der Waals surface area (Å²) in [6, 6.07) is 16.0. The van der Waals surface area contributed by atoms with E-state index < -0.39 is 6.17 Å². The molecule has 142 valence electrons. The fraction of sp³-hybridized carbons (Fsp3) is 0.182. The van der Waals surface area contributed by atoms with Gasteiger partial charge in [0, 0.05) is 18.4 Å². The van der Waals surface area contributed by atoms with Crippen LogP contribution < -0.4 is 10.1 Å². The molecule has 2 aromatic carbocycles. The van der Waals surface area contributed by atoms with Crippen LogP contribution in [0.3, 0.4) is 0 Å². The molecule has 4 rings (SSSR count). The average molecular weight is 377 g/mol. The summed E-state index contributed by atoms with van der Waals surface area (Å²) in [5.74, 6) is 0.354. The lowest BCUT2D eigenvalue weighted by atomic mass is 10.2. The number of hydrogen-bond donors (Lipinski definition) is 1. The molecule has 0 saturated heterocycles. The maximum atomic E-state index is 14.0. The maximum Gasteiger partial charge on any atom is 0.258 e. The average Bonchev–Trinajstić information content (AvgIpc) is 2.97. The number of nitrogens with zero attached hydrogens (tertiary/aromatic N) is 2. The van der Waals surface area contributed by atoms with Crippen molar-refractivity contribution in [2.24, 2.45) is 0 Å². The van der Waals surface area contributed by atoms with Crippen molar-refractivity contribution in [1.82, 2.24) is 9.88 Å². The van der Waals surface area contributed by atoms with E-state index in [4.69, 9.17) is 4.74 Å². The van der Waals surface area contributed by atoms with E-state index >= 15 is 0 Å². The van der Waals surface area contributed by atoms with Gasteiger partial charge in [-0.05, 0) is 54.4 Å². The largest absolute Gasteiger partial charge is 0.497 e. The van der Waals surface area contributed by atoms with Crippen LogP contribution in [0.5, 0.6) is 5.75 Å². The lowest BCUT2D eigenvalue weighted by Crippen LogP contribution is -2.32. The van der Waals surface area contributed by atoms with Crippen molar-refractivity contribution in [3.05, 3.63) is 89.0 Å². The highest BCUT2D eigenvalue weighted by molar-refractivity contribution is 5.98. The third kappa shape index (κ3) is 3.29. The molecule has 2 heterocycles. The Morgan fingerprint density at radius 1 is 1.18 bits per heavy atom. The highest BCUT2D eigenvalue weighted by Gasteiger charge is 2.37. The smallest absolute Gasteiger partial charge is 0.258 e. The van der Waals surface area contributed by atoms with E-state index in [9.17, 15) is 9.18 Å². The van der Waals surface area contributed by atoms with Crippen molar-refractivity contribution in [1.29, 1.82) is 0 Å². The molecule has 0 aliphatic carbocycles. The second-order valence-corrected chi connectivity index (χ2v) is 6.73. The molecule has 3 aromatic rings. The third-order valence-electron chi connectivity index (χ3n) is 4.89. The first kappa shape index (κ1) is 18.0. The number of rotatable bonds is 5. The molecule has 1 aliphatic heterocycles. The van der Waals surface area contributed by atoms with Gasteiger partial charge >= 0.3 is 0 Å². The molecule has 1 N–H and O–H groups in total. The minimum atomic E-state index is -0.479. The molecule has 1 aliphatic rings. The van der Waals surface area contributed by atoms with E-state index in [-0.39, 0.29) is 11.7 Å². The molecule has 1 aromatic heterocycles. The van der Waals surface area contributed by atoms with Gasteiger partial charge in [-0.3, -0.25) is 9.78 Å². The zero-order chi connectivity index (χ0) is 19.7. The first-order valence-electron chi connectivity index (χ1n) is 8.98. The number of benzene rings is 2. The molecule has 0 bridgehead atoms. The number of amides is 1. The summed E-state index contributed by atoms with van der Waals surface area (Å²) in [6.45, 7) is 2.11. The van der Waals surface area contributed by atoms with Gasteiger partial charge in [-0.15, -0.1) is 0 Å². The van der Waals surface area contributed by atoms with Gasteiger partial charge in [-0.2, -0.15) is 0 Å². The number of pyridine rings is 1. The van der Waals surface area contributed by atoms with E-state index in [1.54, 1.807) is 49.4 Å².